The number of anilines is 1. The number of thioether (sulfide) groups is 1. The maximum Gasteiger partial charge on any atom is 0.247 e. The Bertz CT molecular complexity index is 874. The van der Waals surface area contributed by atoms with Crippen molar-refractivity contribution in [2.24, 2.45) is 0 Å². The summed E-state index contributed by atoms with van der Waals surface area (Å²) in [6.45, 7) is 2.12. The molecule has 1 atom stereocenters. The maximum atomic E-state index is 6.17. The lowest BCUT2D eigenvalue weighted by Gasteiger charge is -2.18. The highest BCUT2D eigenvalue weighted by Gasteiger charge is 2.25. The van der Waals surface area contributed by atoms with Gasteiger partial charge in [-0.15, -0.1) is 10.2 Å². The van der Waals surface area contributed by atoms with Crippen molar-refractivity contribution in [1.82, 2.24) is 20.2 Å². The lowest BCUT2D eigenvalue weighted by Crippen LogP contribution is -2.17. The van der Waals surface area contributed by atoms with Crippen molar-refractivity contribution < 1.29 is 4.74 Å². The highest BCUT2D eigenvalue weighted by Crippen LogP contribution is 2.39. The molecule has 0 spiro atoms. The minimum atomic E-state index is -0.392. The molecule has 4 rings (SSSR count). The highest BCUT2D eigenvalue weighted by atomic mass is 32.2. The Hall–Kier alpha value is -2.67. The normalized spacial score (nSPS) is 15.3. The molecule has 6 nitrogen and oxygen atoms in total. The van der Waals surface area contributed by atoms with Crippen LogP contribution in [0.5, 0.6) is 5.88 Å². The highest BCUT2D eigenvalue weighted by molar-refractivity contribution is 7.99. The monoisotopic (exact) mass is 351 g/mol. The van der Waals surface area contributed by atoms with Crippen LogP contribution in [0.3, 0.4) is 0 Å². The third kappa shape index (κ3) is 3.28. The molecule has 25 heavy (non-hydrogen) atoms. The number of nitrogens with zero attached hydrogens (tertiary/aromatic N) is 4. The van der Waals surface area contributed by atoms with Crippen molar-refractivity contribution in [3.8, 4) is 17.1 Å². The molecule has 1 aromatic carbocycles. The number of hydrogen-bond donors (Lipinski definition) is 1. The summed E-state index contributed by atoms with van der Waals surface area (Å²) in [4.78, 5) is 8.78. The topological polar surface area (TPSA) is 72.8 Å². The van der Waals surface area contributed by atoms with Gasteiger partial charge >= 0.3 is 0 Å². The van der Waals surface area contributed by atoms with Gasteiger partial charge in [-0.25, -0.2) is 0 Å². The van der Waals surface area contributed by atoms with E-state index >= 15 is 0 Å². The first kappa shape index (κ1) is 15.8. The van der Waals surface area contributed by atoms with Gasteiger partial charge in [0.15, 0.2) is 11.9 Å². The van der Waals surface area contributed by atoms with Crippen LogP contribution in [-0.4, -0.2) is 25.9 Å². The summed E-state index contributed by atoms with van der Waals surface area (Å²) in [5, 5.41) is 12.7. The van der Waals surface area contributed by atoms with Gasteiger partial charge < -0.3 is 10.1 Å². The number of pyridine rings is 1. The molecule has 7 heteroatoms. The summed E-state index contributed by atoms with van der Waals surface area (Å²) in [5.74, 6) is 1.43. The van der Waals surface area contributed by atoms with Crippen LogP contribution >= 0.6 is 11.8 Å². The number of benzene rings is 1. The molecular formula is C18H17N5OS. The molecule has 3 heterocycles. The largest absolute Gasteiger partial charge is 0.448 e. The van der Waals surface area contributed by atoms with E-state index in [9.17, 15) is 0 Å². The number of ether oxygens (including phenoxy) is 1. The van der Waals surface area contributed by atoms with Gasteiger partial charge in [-0.1, -0.05) is 43.0 Å². The van der Waals surface area contributed by atoms with E-state index in [4.69, 9.17) is 4.74 Å². The predicted molar refractivity (Wildman–Crippen MR) is 97.5 cm³/mol. The third-order valence-electron chi connectivity index (χ3n) is 3.76. The summed E-state index contributed by atoms with van der Waals surface area (Å²) in [6, 6.07) is 11.8. The molecule has 0 saturated carbocycles. The molecule has 1 aliphatic heterocycles. The summed E-state index contributed by atoms with van der Waals surface area (Å²) < 4.78 is 6.17. The van der Waals surface area contributed by atoms with Crippen molar-refractivity contribution in [1.29, 1.82) is 0 Å². The standard InChI is InChI=1S/C18H17N5OS/c1-2-10-25-18-21-17-15(22-23-18)13-7-3-4-8-14(13)20-16(24-17)12-6-5-9-19-11-12/h3-9,11,16,20H,2,10H2,1H3/t16-/m1/s1. The zero-order valence-corrected chi connectivity index (χ0v) is 14.5. The number of nitrogens with one attached hydrogen (secondary N) is 1. The van der Waals surface area contributed by atoms with Crippen LogP contribution in [0, 0.1) is 0 Å². The Morgan fingerprint density at radius 1 is 1.16 bits per heavy atom. The van der Waals surface area contributed by atoms with Crippen LogP contribution in [0.25, 0.3) is 11.3 Å². The molecule has 3 aromatic rings. The quantitative estimate of drug-likeness (QED) is 0.714. The molecular weight excluding hydrogens is 334 g/mol. The van der Waals surface area contributed by atoms with Crippen LogP contribution in [0.2, 0.25) is 0 Å². The fraction of sp³-hybridized carbons (Fsp3) is 0.222. The average Bonchev–Trinajstić information content (AvgIpc) is 2.83. The summed E-state index contributed by atoms with van der Waals surface area (Å²) in [6.07, 6.45) is 4.18. The molecule has 0 aliphatic carbocycles. The first-order valence-corrected chi connectivity index (χ1v) is 9.13. The van der Waals surface area contributed by atoms with Crippen molar-refractivity contribution >= 4 is 17.4 Å². The number of para-hydroxylation sites is 1. The van der Waals surface area contributed by atoms with Crippen LogP contribution in [0.15, 0.2) is 53.9 Å². The zero-order valence-electron chi connectivity index (χ0n) is 13.7. The fourth-order valence-electron chi connectivity index (χ4n) is 2.58. The van der Waals surface area contributed by atoms with Crippen LogP contribution in [-0.2, 0) is 0 Å². The van der Waals surface area contributed by atoms with Gasteiger partial charge in [-0.05, 0) is 18.6 Å². The van der Waals surface area contributed by atoms with E-state index in [2.05, 4.69) is 32.4 Å². The van der Waals surface area contributed by atoms with Crippen molar-refractivity contribution in [2.45, 2.75) is 24.7 Å². The lowest BCUT2D eigenvalue weighted by molar-refractivity contribution is 0.225. The van der Waals surface area contributed by atoms with E-state index in [1.54, 1.807) is 24.2 Å². The number of aromatic nitrogens is 4. The summed E-state index contributed by atoms with van der Waals surface area (Å²) in [7, 11) is 0. The molecule has 0 unspecified atom stereocenters. The second-order valence-electron chi connectivity index (χ2n) is 5.57. The summed E-state index contributed by atoms with van der Waals surface area (Å²) in [5.41, 5.74) is 3.43. The molecule has 1 aliphatic rings. The molecule has 0 fully saturated rings. The smallest absolute Gasteiger partial charge is 0.247 e. The lowest BCUT2D eigenvalue weighted by atomic mass is 10.1. The SMILES string of the molecule is CCCSc1nnc2c(n1)O[C@H](c1cccnc1)Nc1ccccc1-2. The number of hydrogen-bond acceptors (Lipinski definition) is 7. The second-order valence-corrected chi connectivity index (χ2v) is 6.63. The first-order valence-electron chi connectivity index (χ1n) is 8.15. The van der Waals surface area contributed by atoms with Gasteiger partial charge in [0.25, 0.3) is 0 Å². The van der Waals surface area contributed by atoms with Crippen molar-refractivity contribution in [3.63, 3.8) is 0 Å². The van der Waals surface area contributed by atoms with Gasteiger partial charge in [0, 0.05) is 35.0 Å². The van der Waals surface area contributed by atoms with Gasteiger partial charge in [-0.2, -0.15) is 4.98 Å². The number of fused-ring (bicyclic) bond motifs is 3. The van der Waals surface area contributed by atoms with E-state index in [0.717, 1.165) is 29.0 Å². The molecule has 2 aromatic heterocycles. The van der Waals surface area contributed by atoms with Crippen LogP contribution < -0.4 is 10.1 Å². The second kappa shape index (κ2) is 7.06. The Morgan fingerprint density at radius 2 is 2.08 bits per heavy atom. The van der Waals surface area contributed by atoms with Crippen molar-refractivity contribution in [3.05, 3.63) is 54.4 Å². The molecule has 0 radical (unpaired) electrons. The van der Waals surface area contributed by atoms with E-state index < -0.39 is 6.23 Å². The number of rotatable bonds is 4. The molecule has 126 valence electrons. The van der Waals surface area contributed by atoms with Crippen molar-refractivity contribution in [2.75, 3.05) is 11.1 Å². The summed E-state index contributed by atoms with van der Waals surface area (Å²) >= 11 is 1.58. The Labute approximate surface area is 150 Å². The predicted octanol–water partition coefficient (Wildman–Crippen LogP) is 3.94. The Morgan fingerprint density at radius 3 is 2.92 bits per heavy atom. The first-order chi connectivity index (χ1) is 12.3. The molecule has 0 bridgehead atoms. The third-order valence-corrected chi connectivity index (χ3v) is 4.80. The van der Waals surface area contributed by atoms with E-state index in [-0.39, 0.29) is 0 Å². The minimum absolute atomic E-state index is 0.392. The Balaban J connectivity index is 1.79. The Kier molecular flexibility index (Phi) is 4.47. The molecule has 0 amide bonds. The van der Waals surface area contributed by atoms with Gasteiger partial charge in [0.1, 0.15) is 0 Å². The van der Waals surface area contributed by atoms with E-state index in [1.807, 2.05) is 36.4 Å². The van der Waals surface area contributed by atoms with Gasteiger partial charge in [-0.3, -0.25) is 4.98 Å². The zero-order chi connectivity index (χ0) is 17.1. The van der Waals surface area contributed by atoms with Gasteiger partial charge in [0.2, 0.25) is 11.0 Å². The van der Waals surface area contributed by atoms with Crippen LogP contribution in [0.4, 0.5) is 5.69 Å². The molecule has 0 saturated heterocycles. The maximum absolute atomic E-state index is 6.17. The van der Waals surface area contributed by atoms with Gasteiger partial charge in [0.05, 0.1) is 0 Å². The van der Waals surface area contributed by atoms with E-state index in [0.29, 0.717) is 16.7 Å². The van der Waals surface area contributed by atoms with Crippen LogP contribution in [0.1, 0.15) is 25.1 Å². The fourth-order valence-corrected chi connectivity index (χ4v) is 3.22. The minimum Gasteiger partial charge on any atom is -0.448 e. The van der Waals surface area contributed by atoms with E-state index in [1.165, 1.54) is 0 Å². The average molecular weight is 351 g/mol. The molecule has 1 N–H and O–H groups in total.